The molecule has 0 unspecified atom stereocenters. The molecule has 0 saturated carbocycles. The molecule has 2 aromatic rings. The van der Waals surface area contributed by atoms with Gasteiger partial charge in [-0.15, -0.1) is 0 Å². The first kappa shape index (κ1) is 16.7. The van der Waals surface area contributed by atoms with E-state index in [4.69, 9.17) is 17.0 Å². The molecular weight excluding hydrogens is 320 g/mol. The summed E-state index contributed by atoms with van der Waals surface area (Å²) in [5.41, 5.74) is 0. The second-order valence-corrected chi connectivity index (χ2v) is 6.44. The van der Waals surface area contributed by atoms with Crippen LogP contribution in [-0.2, 0) is 4.79 Å². The fourth-order valence-corrected chi connectivity index (χ4v) is 3.21. The number of amides is 1. The first-order chi connectivity index (χ1) is 11.7. The van der Waals surface area contributed by atoms with E-state index in [0.717, 1.165) is 36.7 Å². The number of carbonyl (C=O) groups excluding carboxylic acids is 1. The average Bonchev–Trinajstić information content (AvgIpc) is 2.89. The Bertz CT molecular complexity index is 724. The normalized spacial score (nSPS) is 14.9. The minimum Gasteiger partial charge on any atom is -0.484 e. The largest absolute Gasteiger partial charge is 0.484 e. The summed E-state index contributed by atoms with van der Waals surface area (Å²) in [5.74, 6) is 0.474. The molecule has 126 valence electrons. The van der Waals surface area contributed by atoms with Gasteiger partial charge in [-0.2, -0.15) is 0 Å². The number of hydrogen-bond acceptors (Lipinski definition) is 3. The Hall–Kier alpha value is -2.14. The number of ether oxygens (including phenoxy) is 1. The first-order valence-electron chi connectivity index (χ1n) is 8.43. The van der Waals surface area contributed by atoms with E-state index >= 15 is 0 Å². The Morgan fingerprint density at radius 2 is 1.75 bits per heavy atom. The molecule has 5 heteroatoms. The van der Waals surface area contributed by atoms with Crippen molar-refractivity contribution in [1.29, 1.82) is 0 Å². The van der Waals surface area contributed by atoms with Crippen molar-refractivity contribution in [2.75, 3.05) is 19.7 Å². The van der Waals surface area contributed by atoms with Gasteiger partial charge in [0.25, 0.3) is 5.91 Å². The molecule has 0 spiro atoms. The summed E-state index contributed by atoms with van der Waals surface area (Å²) < 4.78 is 5.60. The number of rotatable bonds is 3. The van der Waals surface area contributed by atoms with E-state index in [1.807, 2.05) is 42.5 Å². The van der Waals surface area contributed by atoms with Crippen LogP contribution in [0.25, 0.3) is 10.8 Å². The van der Waals surface area contributed by atoms with E-state index < -0.39 is 0 Å². The Morgan fingerprint density at radius 3 is 2.50 bits per heavy atom. The maximum atomic E-state index is 12.1. The third kappa shape index (κ3) is 4.45. The van der Waals surface area contributed by atoms with Crippen molar-refractivity contribution < 1.29 is 9.53 Å². The smallest absolute Gasteiger partial charge is 0.264 e. The van der Waals surface area contributed by atoms with Gasteiger partial charge in [0, 0.05) is 13.1 Å². The maximum Gasteiger partial charge on any atom is 0.264 e. The molecule has 1 heterocycles. The van der Waals surface area contributed by atoms with Crippen molar-refractivity contribution in [3.05, 3.63) is 42.5 Å². The Morgan fingerprint density at radius 1 is 1.04 bits per heavy atom. The number of nitrogens with one attached hydrogen (secondary N) is 1. The molecule has 0 atom stereocenters. The van der Waals surface area contributed by atoms with E-state index in [1.165, 1.54) is 12.8 Å². The van der Waals surface area contributed by atoms with Gasteiger partial charge in [-0.05, 0) is 48.0 Å². The van der Waals surface area contributed by atoms with Gasteiger partial charge in [-0.25, -0.2) is 0 Å². The van der Waals surface area contributed by atoms with Crippen molar-refractivity contribution >= 4 is 34.0 Å². The fourth-order valence-electron chi connectivity index (χ4n) is 2.91. The van der Waals surface area contributed by atoms with Gasteiger partial charge in [0.1, 0.15) is 5.75 Å². The zero-order chi connectivity index (χ0) is 16.8. The summed E-state index contributed by atoms with van der Waals surface area (Å²) in [5, 5.41) is 5.54. The van der Waals surface area contributed by atoms with Gasteiger partial charge in [0.2, 0.25) is 0 Å². The number of nitrogens with zero attached hydrogens (tertiary/aromatic N) is 1. The van der Waals surface area contributed by atoms with Gasteiger partial charge in [0.05, 0.1) is 0 Å². The zero-order valence-electron chi connectivity index (χ0n) is 13.7. The molecule has 3 rings (SSSR count). The average molecular weight is 342 g/mol. The second-order valence-electron chi connectivity index (χ2n) is 6.05. The van der Waals surface area contributed by atoms with Crippen LogP contribution in [0, 0.1) is 0 Å². The number of carbonyl (C=O) groups is 1. The van der Waals surface area contributed by atoms with E-state index in [0.29, 0.717) is 10.9 Å². The number of fused-ring (bicyclic) bond motifs is 1. The van der Waals surface area contributed by atoms with E-state index in [1.54, 1.807) is 0 Å². The summed E-state index contributed by atoms with van der Waals surface area (Å²) in [6, 6.07) is 13.9. The standard InChI is InChI=1S/C19H22N2O2S/c22-18(20-19(24)21-11-5-1-2-6-12-21)14-23-17-10-9-15-7-3-4-8-16(15)13-17/h3-4,7-10,13H,1-2,5-6,11-12,14H2,(H,20,22,24). The molecule has 0 aromatic heterocycles. The molecule has 1 aliphatic heterocycles. The SMILES string of the molecule is O=C(COc1ccc2ccccc2c1)NC(=S)N1CCCCCC1. The van der Waals surface area contributed by atoms with Gasteiger partial charge in [-0.3, -0.25) is 4.79 Å². The zero-order valence-corrected chi connectivity index (χ0v) is 14.5. The van der Waals surface area contributed by atoms with Crippen LogP contribution in [0.1, 0.15) is 25.7 Å². The Balaban J connectivity index is 1.51. The van der Waals surface area contributed by atoms with Crippen molar-refractivity contribution in [3.63, 3.8) is 0 Å². The summed E-state index contributed by atoms with van der Waals surface area (Å²) in [6.45, 7) is 1.81. The molecule has 2 aromatic carbocycles. The monoisotopic (exact) mass is 342 g/mol. The molecule has 1 saturated heterocycles. The molecular formula is C19H22N2O2S. The van der Waals surface area contributed by atoms with Crippen LogP contribution in [0.3, 0.4) is 0 Å². The summed E-state index contributed by atoms with van der Waals surface area (Å²) in [6.07, 6.45) is 4.73. The lowest BCUT2D eigenvalue weighted by atomic mass is 10.1. The van der Waals surface area contributed by atoms with E-state index in [-0.39, 0.29) is 12.5 Å². The molecule has 0 radical (unpaired) electrons. The molecule has 1 aliphatic rings. The summed E-state index contributed by atoms with van der Waals surface area (Å²) >= 11 is 5.34. The quantitative estimate of drug-likeness (QED) is 0.867. The molecule has 0 aliphatic carbocycles. The topological polar surface area (TPSA) is 41.6 Å². The molecule has 4 nitrogen and oxygen atoms in total. The molecule has 1 N–H and O–H groups in total. The predicted molar refractivity (Wildman–Crippen MR) is 100 cm³/mol. The van der Waals surface area contributed by atoms with Crippen LogP contribution in [0.2, 0.25) is 0 Å². The van der Waals surface area contributed by atoms with E-state index in [2.05, 4.69) is 10.2 Å². The predicted octanol–water partition coefficient (Wildman–Crippen LogP) is 3.50. The third-order valence-electron chi connectivity index (χ3n) is 4.23. The van der Waals surface area contributed by atoms with Crippen molar-refractivity contribution in [2.24, 2.45) is 0 Å². The van der Waals surface area contributed by atoms with Crippen molar-refractivity contribution in [2.45, 2.75) is 25.7 Å². The molecule has 24 heavy (non-hydrogen) atoms. The highest BCUT2D eigenvalue weighted by atomic mass is 32.1. The number of benzene rings is 2. The van der Waals surface area contributed by atoms with Crippen LogP contribution >= 0.6 is 12.2 Å². The lowest BCUT2D eigenvalue weighted by Gasteiger charge is -2.23. The Labute approximate surface area is 147 Å². The highest BCUT2D eigenvalue weighted by molar-refractivity contribution is 7.80. The highest BCUT2D eigenvalue weighted by Crippen LogP contribution is 2.20. The fraction of sp³-hybridized carbons (Fsp3) is 0.368. The van der Waals surface area contributed by atoms with Crippen LogP contribution in [0.15, 0.2) is 42.5 Å². The van der Waals surface area contributed by atoms with Gasteiger partial charge < -0.3 is 15.0 Å². The minimum atomic E-state index is -0.211. The van der Waals surface area contributed by atoms with Gasteiger partial charge >= 0.3 is 0 Å². The lowest BCUT2D eigenvalue weighted by Crippen LogP contribution is -2.44. The van der Waals surface area contributed by atoms with Crippen molar-refractivity contribution in [1.82, 2.24) is 10.2 Å². The van der Waals surface area contributed by atoms with Crippen LogP contribution in [-0.4, -0.2) is 35.6 Å². The Kier molecular flexibility index (Phi) is 5.64. The lowest BCUT2D eigenvalue weighted by molar-refractivity contribution is -0.121. The van der Waals surface area contributed by atoms with Gasteiger partial charge in [-0.1, -0.05) is 43.2 Å². The van der Waals surface area contributed by atoms with E-state index in [9.17, 15) is 4.79 Å². The molecule has 0 bridgehead atoms. The summed E-state index contributed by atoms with van der Waals surface area (Å²) in [4.78, 5) is 14.1. The number of thiocarbonyl (C=S) groups is 1. The minimum absolute atomic E-state index is 0.0354. The van der Waals surface area contributed by atoms with Crippen LogP contribution < -0.4 is 10.1 Å². The van der Waals surface area contributed by atoms with Gasteiger partial charge in [0.15, 0.2) is 11.7 Å². The van der Waals surface area contributed by atoms with Crippen molar-refractivity contribution in [3.8, 4) is 5.75 Å². The molecule has 1 fully saturated rings. The summed E-state index contributed by atoms with van der Waals surface area (Å²) in [7, 11) is 0. The number of likely N-dealkylation sites (tertiary alicyclic amines) is 1. The highest BCUT2D eigenvalue weighted by Gasteiger charge is 2.14. The molecule has 1 amide bonds. The maximum absolute atomic E-state index is 12.1. The van der Waals surface area contributed by atoms with Crippen LogP contribution in [0.4, 0.5) is 0 Å². The first-order valence-corrected chi connectivity index (χ1v) is 8.83. The van der Waals surface area contributed by atoms with Crippen LogP contribution in [0.5, 0.6) is 5.75 Å². The second kappa shape index (κ2) is 8.11. The third-order valence-corrected chi connectivity index (χ3v) is 4.59. The number of hydrogen-bond donors (Lipinski definition) is 1.